The van der Waals surface area contributed by atoms with E-state index in [0.29, 0.717) is 19.8 Å². The lowest BCUT2D eigenvalue weighted by molar-refractivity contribution is 0.169. The monoisotopic (exact) mass is 258 g/mol. The summed E-state index contributed by atoms with van der Waals surface area (Å²) in [6.07, 6.45) is 0. The second-order valence-electron chi connectivity index (χ2n) is 2.83. The Kier molecular flexibility index (Phi) is 2.82. The van der Waals surface area contributed by atoms with Gasteiger partial charge in [0.25, 0.3) is 0 Å². The molecule has 1 heterocycles. The van der Waals surface area contributed by atoms with E-state index in [1.54, 1.807) is 0 Å². The third kappa shape index (κ3) is 1.66. The molecule has 1 aromatic carbocycles. The fraction of sp³-hybridized carbons (Fsp3) is 0.400. The van der Waals surface area contributed by atoms with Gasteiger partial charge in [0.15, 0.2) is 11.5 Å². The number of ether oxygens (including phenoxy) is 3. The summed E-state index contributed by atoms with van der Waals surface area (Å²) in [5.41, 5.74) is 0. The van der Waals surface area contributed by atoms with Crippen molar-refractivity contribution in [1.82, 2.24) is 0 Å². The summed E-state index contributed by atoms with van der Waals surface area (Å²) in [6, 6.07) is 3.74. The molecule has 0 radical (unpaired) electrons. The van der Waals surface area contributed by atoms with Crippen LogP contribution in [0.4, 0.5) is 0 Å². The van der Waals surface area contributed by atoms with Crippen LogP contribution < -0.4 is 14.2 Å². The highest BCUT2D eigenvalue weighted by Gasteiger charge is 2.17. The number of hydrogen-bond acceptors (Lipinski definition) is 3. The minimum Gasteiger partial charge on any atom is -0.493 e. The first-order chi connectivity index (χ1) is 6.83. The van der Waals surface area contributed by atoms with Crippen molar-refractivity contribution in [2.24, 2.45) is 0 Å². The molecule has 1 aliphatic heterocycles. The quantitative estimate of drug-likeness (QED) is 0.817. The van der Waals surface area contributed by atoms with Gasteiger partial charge < -0.3 is 14.2 Å². The molecule has 0 saturated carbocycles. The van der Waals surface area contributed by atoms with Gasteiger partial charge >= 0.3 is 0 Å². The molecule has 0 fully saturated rings. The maximum absolute atomic E-state index is 5.49. The summed E-state index contributed by atoms with van der Waals surface area (Å²) < 4.78 is 17.2. The van der Waals surface area contributed by atoms with Crippen molar-refractivity contribution in [2.75, 3.05) is 19.8 Å². The molecule has 0 atom stereocenters. The van der Waals surface area contributed by atoms with Crippen LogP contribution in [-0.4, -0.2) is 19.8 Å². The van der Waals surface area contributed by atoms with E-state index < -0.39 is 0 Å². The fourth-order valence-corrected chi connectivity index (χ4v) is 1.89. The second kappa shape index (κ2) is 4.09. The zero-order valence-electron chi connectivity index (χ0n) is 7.88. The maximum atomic E-state index is 5.49. The summed E-state index contributed by atoms with van der Waals surface area (Å²) in [4.78, 5) is 0. The van der Waals surface area contributed by atoms with Crippen molar-refractivity contribution >= 4 is 15.9 Å². The smallest absolute Gasteiger partial charge is 0.179 e. The van der Waals surface area contributed by atoms with Gasteiger partial charge in [0.05, 0.1) is 6.61 Å². The van der Waals surface area contributed by atoms with Crippen LogP contribution in [0.25, 0.3) is 0 Å². The molecule has 0 aromatic heterocycles. The van der Waals surface area contributed by atoms with Crippen LogP contribution in [0.2, 0.25) is 0 Å². The van der Waals surface area contributed by atoms with Crippen LogP contribution >= 0.6 is 15.9 Å². The zero-order valence-corrected chi connectivity index (χ0v) is 9.46. The third-order valence-corrected chi connectivity index (χ3v) is 2.66. The summed E-state index contributed by atoms with van der Waals surface area (Å²) in [6.45, 7) is 3.77. The Morgan fingerprint density at radius 1 is 1.36 bits per heavy atom. The Morgan fingerprint density at radius 2 is 2.14 bits per heavy atom. The van der Waals surface area contributed by atoms with Crippen molar-refractivity contribution in [1.29, 1.82) is 0 Å². The van der Waals surface area contributed by atoms with Gasteiger partial charge in [-0.15, -0.1) is 0 Å². The van der Waals surface area contributed by atoms with Crippen LogP contribution in [0.5, 0.6) is 17.2 Å². The lowest BCUT2D eigenvalue weighted by atomic mass is 10.3. The van der Waals surface area contributed by atoms with E-state index in [-0.39, 0.29) is 0 Å². The summed E-state index contributed by atoms with van der Waals surface area (Å²) >= 11 is 3.44. The molecule has 1 aromatic rings. The molecular formula is C10H11BrO3. The Bertz CT molecular complexity index is 338. The van der Waals surface area contributed by atoms with Crippen molar-refractivity contribution < 1.29 is 14.2 Å². The number of halogens is 1. The van der Waals surface area contributed by atoms with Crippen molar-refractivity contribution in [3.05, 3.63) is 16.6 Å². The van der Waals surface area contributed by atoms with Gasteiger partial charge in [-0.2, -0.15) is 0 Å². The van der Waals surface area contributed by atoms with Gasteiger partial charge in [0.2, 0.25) is 0 Å². The highest BCUT2D eigenvalue weighted by Crippen LogP contribution is 2.42. The largest absolute Gasteiger partial charge is 0.493 e. The van der Waals surface area contributed by atoms with Gasteiger partial charge in [-0.3, -0.25) is 0 Å². The summed E-state index contributed by atoms with van der Waals surface area (Å²) in [5.74, 6) is 2.30. The highest BCUT2D eigenvalue weighted by molar-refractivity contribution is 9.10. The summed E-state index contributed by atoms with van der Waals surface area (Å²) in [7, 11) is 0. The normalized spacial score (nSPS) is 13.9. The molecule has 0 amide bonds. The van der Waals surface area contributed by atoms with Crippen LogP contribution in [-0.2, 0) is 0 Å². The predicted molar refractivity (Wildman–Crippen MR) is 56.3 cm³/mol. The van der Waals surface area contributed by atoms with Crippen LogP contribution in [0.15, 0.2) is 16.6 Å². The molecule has 0 spiro atoms. The van der Waals surface area contributed by atoms with Crippen LogP contribution in [0, 0.1) is 0 Å². The first-order valence-electron chi connectivity index (χ1n) is 4.54. The first kappa shape index (κ1) is 9.65. The van der Waals surface area contributed by atoms with E-state index in [0.717, 1.165) is 21.7 Å². The molecule has 0 unspecified atom stereocenters. The molecule has 0 N–H and O–H groups in total. The van der Waals surface area contributed by atoms with Crippen molar-refractivity contribution in [3.8, 4) is 17.2 Å². The van der Waals surface area contributed by atoms with Crippen molar-refractivity contribution in [2.45, 2.75) is 6.92 Å². The van der Waals surface area contributed by atoms with Gasteiger partial charge in [-0.25, -0.2) is 0 Å². The molecule has 1 aliphatic rings. The number of rotatable bonds is 2. The lowest BCUT2D eigenvalue weighted by Crippen LogP contribution is -2.15. The van der Waals surface area contributed by atoms with Gasteiger partial charge in [0, 0.05) is 0 Å². The molecule has 14 heavy (non-hydrogen) atoms. The summed E-state index contributed by atoms with van der Waals surface area (Å²) in [5, 5.41) is 0. The molecule has 4 heteroatoms. The molecule has 0 saturated heterocycles. The number of fused-ring (bicyclic) bond motifs is 1. The topological polar surface area (TPSA) is 27.7 Å². The fourth-order valence-electron chi connectivity index (χ4n) is 1.33. The molecule has 0 bridgehead atoms. The van der Waals surface area contributed by atoms with E-state index in [4.69, 9.17) is 14.2 Å². The Labute approximate surface area is 91.1 Å². The van der Waals surface area contributed by atoms with E-state index >= 15 is 0 Å². The Balaban J connectivity index is 2.38. The van der Waals surface area contributed by atoms with Crippen LogP contribution in [0.3, 0.4) is 0 Å². The Hall–Kier alpha value is -0.900. The van der Waals surface area contributed by atoms with Gasteiger partial charge in [0.1, 0.15) is 23.4 Å². The predicted octanol–water partition coefficient (Wildman–Crippen LogP) is 2.62. The zero-order chi connectivity index (χ0) is 9.97. The van der Waals surface area contributed by atoms with Gasteiger partial charge in [-0.05, 0) is 35.0 Å². The molecule has 3 nitrogen and oxygen atoms in total. The average Bonchev–Trinajstić information content (AvgIpc) is 2.23. The third-order valence-electron chi connectivity index (χ3n) is 1.91. The minimum absolute atomic E-state index is 0.585. The van der Waals surface area contributed by atoms with E-state index in [9.17, 15) is 0 Å². The van der Waals surface area contributed by atoms with E-state index in [2.05, 4.69) is 15.9 Å². The standard InChI is InChI=1S/C10H11BrO3/c1-2-12-7-3-4-8-10(9(7)11)14-6-5-13-8/h3-4H,2,5-6H2,1H3. The lowest BCUT2D eigenvalue weighted by Gasteiger charge is -2.20. The van der Waals surface area contributed by atoms with Crippen molar-refractivity contribution in [3.63, 3.8) is 0 Å². The number of benzene rings is 1. The van der Waals surface area contributed by atoms with E-state index in [1.807, 2.05) is 19.1 Å². The average molecular weight is 259 g/mol. The van der Waals surface area contributed by atoms with Gasteiger partial charge in [-0.1, -0.05) is 0 Å². The first-order valence-corrected chi connectivity index (χ1v) is 5.33. The molecule has 2 rings (SSSR count). The second-order valence-corrected chi connectivity index (χ2v) is 3.63. The number of hydrogen-bond donors (Lipinski definition) is 0. The molecule has 76 valence electrons. The maximum Gasteiger partial charge on any atom is 0.179 e. The minimum atomic E-state index is 0.585. The highest BCUT2D eigenvalue weighted by atomic mass is 79.9. The Morgan fingerprint density at radius 3 is 2.93 bits per heavy atom. The van der Waals surface area contributed by atoms with Crippen LogP contribution in [0.1, 0.15) is 6.92 Å². The van der Waals surface area contributed by atoms with E-state index in [1.165, 1.54) is 0 Å². The molecular weight excluding hydrogens is 248 g/mol. The SMILES string of the molecule is CCOc1ccc2c(c1Br)OCCO2. The molecule has 0 aliphatic carbocycles.